The van der Waals surface area contributed by atoms with Gasteiger partial charge in [0.15, 0.2) is 6.61 Å². The lowest BCUT2D eigenvalue weighted by Crippen LogP contribution is -2.38. The summed E-state index contributed by atoms with van der Waals surface area (Å²) in [5.74, 6) is 1.20. The second-order valence-corrected chi connectivity index (χ2v) is 7.43. The zero-order chi connectivity index (χ0) is 19.9. The number of rotatable bonds is 8. The maximum Gasteiger partial charge on any atom is 0.258 e. The van der Waals surface area contributed by atoms with Crippen molar-refractivity contribution in [2.75, 3.05) is 33.4 Å². The molecule has 0 bridgehead atoms. The fourth-order valence-corrected chi connectivity index (χ4v) is 3.73. The van der Waals surface area contributed by atoms with Crippen LogP contribution in [0.2, 0.25) is 5.02 Å². The first-order valence-electron chi connectivity index (χ1n) is 9.61. The molecule has 0 unspecified atom stereocenters. The van der Waals surface area contributed by atoms with E-state index in [4.69, 9.17) is 21.1 Å². The summed E-state index contributed by atoms with van der Waals surface area (Å²) in [5.41, 5.74) is 2.12. The van der Waals surface area contributed by atoms with E-state index in [-0.39, 0.29) is 18.6 Å². The Morgan fingerprint density at radius 3 is 2.68 bits per heavy atom. The first-order valence-corrected chi connectivity index (χ1v) is 9.99. The molecule has 0 aromatic heterocycles. The number of carbonyl (C=O) groups excluding carboxylic acids is 1. The molecular formula is C22H27ClN2O3. The van der Waals surface area contributed by atoms with Crippen LogP contribution >= 0.6 is 11.6 Å². The Morgan fingerprint density at radius 2 is 1.93 bits per heavy atom. The summed E-state index contributed by atoms with van der Waals surface area (Å²) >= 11 is 6.13. The average molecular weight is 403 g/mol. The van der Waals surface area contributed by atoms with Crippen LogP contribution in [0, 0.1) is 6.92 Å². The van der Waals surface area contributed by atoms with Crippen molar-refractivity contribution in [1.29, 1.82) is 0 Å². The number of carbonyl (C=O) groups is 1. The first-order chi connectivity index (χ1) is 13.6. The number of amides is 1. The van der Waals surface area contributed by atoms with Gasteiger partial charge in [0, 0.05) is 12.1 Å². The predicted octanol–water partition coefficient (Wildman–Crippen LogP) is 3.99. The standard InChI is InChI=1S/C22H27ClN2O3/c1-16-9-10-18(23)21(13-16)28-15-22(26)24-14-19(25-11-5-6-12-25)17-7-3-4-8-20(17)27-2/h3-4,7-10,13,19H,5-6,11-12,14-15H2,1-2H3,(H,24,26)/t19-/m0/s1. The highest BCUT2D eigenvalue weighted by Crippen LogP contribution is 2.31. The highest BCUT2D eigenvalue weighted by Gasteiger charge is 2.26. The number of hydrogen-bond donors (Lipinski definition) is 1. The number of benzene rings is 2. The molecule has 2 aromatic rings. The van der Waals surface area contributed by atoms with Crippen molar-refractivity contribution in [3.8, 4) is 11.5 Å². The van der Waals surface area contributed by atoms with Gasteiger partial charge in [0.25, 0.3) is 5.91 Å². The van der Waals surface area contributed by atoms with Gasteiger partial charge in [-0.2, -0.15) is 0 Å². The Hall–Kier alpha value is -2.24. The van der Waals surface area contributed by atoms with Crippen LogP contribution in [0.15, 0.2) is 42.5 Å². The Labute approximate surface area is 171 Å². The van der Waals surface area contributed by atoms with Gasteiger partial charge >= 0.3 is 0 Å². The van der Waals surface area contributed by atoms with E-state index >= 15 is 0 Å². The summed E-state index contributed by atoms with van der Waals surface area (Å²) in [4.78, 5) is 14.8. The summed E-state index contributed by atoms with van der Waals surface area (Å²) < 4.78 is 11.1. The number of halogens is 1. The quantitative estimate of drug-likeness (QED) is 0.725. The monoisotopic (exact) mass is 402 g/mol. The number of aryl methyl sites for hydroxylation is 1. The van der Waals surface area contributed by atoms with Crippen LogP contribution in [0.5, 0.6) is 11.5 Å². The molecule has 0 spiro atoms. The lowest BCUT2D eigenvalue weighted by molar-refractivity contribution is -0.123. The van der Waals surface area contributed by atoms with Crippen molar-refractivity contribution in [1.82, 2.24) is 10.2 Å². The minimum atomic E-state index is -0.170. The Morgan fingerprint density at radius 1 is 1.18 bits per heavy atom. The molecule has 1 heterocycles. The number of methoxy groups -OCH3 is 1. The second kappa shape index (κ2) is 9.80. The van der Waals surface area contributed by atoms with E-state index in [1.54, 1.807) is 13.2 Å². The Balaban J connectivity index is 1.63. The van der Waals surface area contributed by atoms with Gasteiger partial charge < -0.3 is 14.8 Å². The lowest BCUT2D eigenvalue weighted by Gasteiger charge is -2.29. The van der Waals surface area contributed by atoms with Crippen LogP contribution in [-0.2, 0) is 4.79 Å². The fourth-order valence-electron chi connectivity index (χ4n) is 3.56. The number of para-hydroxylation sites is 1. The summed E-state index contributed by atoms with van der Waals surface area (Å²) in [5, 5.41) is 3.51. The first kappa shape index (κ1) is 20.5. The van der Waals surface area contributed by atoms with Crippen molar-refractivity contribution >= 4 is 17.5 Å². The molecule has 0 aliphatic carbocycles. The van der Waals surface area contributed by atoms with Crippen LogP contribution < -0.4 is 14.8 Å². The maximum atomic E-state index is 12.4. The summed E-state index contributed by atoms with van der Waals surface area (Å²) in [7, 11) is 1.68. The van der Waals surface area contributed by atoms with Crippen LogP contribution in [0.3, 0.4) is 0 Å². The summed E-state index contributed by atoms with van der Waals surface area (Å²) in [6, 6.07) is 13.6. The number of hydrogen-bond acceptors (Lipinski definition) is 4. The smallest absolute Gasteiger partial charge is 0.258 e. The number of nitrogens with one attached hydrogen (secondary N) is 1. The van der Waals surface area contributed by atoms with Crippen molar-refractivity contribution in [2.24, 2.45) is 0 Å². The molecule has 28 heavy (non-hydrogen) atoms. The predicted molar refractivity (Wildman–Crippen MR) is 111 cm³/mol. The fraction of sp³-hybridized carbons (Fsp3) is 0.409. The van der Waals surface area contributed by atoms with Gasteiger partial charge in [-0.1, -0.05) is 35.9 Å². The largest absolute Gasteiger partial charge is 0.496 e. The van der Waals surface area contributed by atoms with Crippen LogP contribution in [0.4, 0.5) is 0 Å². The van der Waals surface area contributed by atoms with E-state index < -0.39 is 0 Å². The van der Waals surface area contributed by atoms with E-state index in [2.05, 4.69) is 16.3 Å². The van der Waals surface area contributed by atoms with Gasteiger partial charge in [-0.15, -0.1) is 0 Å². The molecule has 6 heteroatoms. The number of nitrogens with zero attached hydrogens (tertiary/aromatic N) is 1. The lowest BCUT2D eigenvalue weighted by atomic mass is 10.0. The van der Waals surface area contributed by atoms with Crippen LogP contribution in [0.1, 0.15) is 30.0 Å². The SMILES string of the molecule is COc1ccccc1[C@H](CNC(=O)COc1cc(C)ccc1Cl)N1CCCC1. The van der Waals surface area contributed by atoms with Crippen molar-refractivity contribution in [3.05, 3.63) is 58.6 Å². The minimum Gasteiger partial charge on any atom is -0.496 e. The molecule has 2 aromatic carbocycles. The minimum absolute atomic E-state index is 0.0676. The molecule has 0 saturated carbocycles. The van der Waals surface area contributed by atoms with Crippen molar-refractivity contribution in [3.63, 3.8) is 0 Å². The molecule has 1 fully saturated rings. The van der Waals surface area contributed by atoms with Gasteiger partial charge in [-0.25, -0.2) is 0 Å². The Bertz CT molecular complexity index is 806. The molecular weight excluding hydrogens is 376 g/mol. The summed E-state index contributed by atoms with van der Waals surface area (Å²) in [6.45, 7) is 4.44. The van der Waals surface area contributed by atoms with E-state index in [1.165, 1.54) is 12.8 Å². The second-order valence-electron chi connectivity index (χ2n) is 7.03. The van der Waals surface area contributed by atoms with E-state index in [0.29, 0.717) is 17.3 Å². The third-order valence-electron chi connectivity index (χ3n) is 5.02. The van der Waals surface area contributed by atoms with E-state index in [0.717, 1.165) is 30.0 Å². The van der Waals surface area contributed by atoms with Gasteiger partial charge in [0.05, 0.1) is 18.2 Å². The summed E-state index contributed by atoms with van der Waals surface area (Å²) in [6.07, 6.45) is 2.35. The van der Waals surface area contributed by atoms with Gasteiger partial charge in [-0.05, 0) is 56.6 Å². The number of ether oxygens (including phenoxy) is 2. The molecule has 150 valence electrons. The average Bonchev–Trinajstić information content (AvgIpc) is 3.23. The maximum absolute atomic E-state index is 12.4. The third kappa shape index (κ3) is 5.18. The van der Waals surface area contributed by atoms with Crippen molar-refractivity contribution < 1.29 is 14.3 Å². The highest BCUT2D eigenvalue weighted by atomic mass is 35.5. The van der Waals surface area contributed by atoms with E-state index in [1.807, 2.05) is 37.3 Å². The molecule has 1 aliphatic rings. The molecule has 1 N–H and O–H groups in total. The normalized spacial score (nSPS) is 15.2. The van der Waals surface area contributed by atoms with Crippen LogP contribution in [-0.4, -0.2) is 44.2 Å². The topological polar surface area (TPSA) is 50.8 Å². The van der Waals surface area contributed by atoms with Gasteiger partial charge in [-0.3, -0.25) is 9.69 Å². The zero-order valence-electron chi connectivity index (χ0n) is 16.4. The highest BCUT2D eigenvalue weighted by molar-refractivity contribution is 6.32. The zero-order valence-corrected chi connectivity index (χ0v) is 17.2. The van der Waals surface area contributed by atoms with Gasteiger partial charge in [0.2, 0.25) is 0 Å². The van der Waals surface area contributed by atoms with E-state index in [9.17, 15) is 4.79 Å². The van der Waals surface area contributed by atoms with Crippen LogP contribution in [0.25, 0.3) is 0 Å². The molecule has 5 nitrogen and oxygen atoms in total. The Kier molecular flexibility index (Phi) is 7.18. The molecule has 1 saturated heterocycles. The molecule has 0 radical (unpaired) electrons. The van der Waals surface area contributed by atoms with Gasteiger partial charge in [0.1, 0.15) is 11.5 Å². The molecule has 1 amide bonds. The van der Waals surface area contributed by atoms with Crippen molar-refractivity contribution in [2.45, 2.75) is 25.8 Å². The third-order valence-corrected chi connectivity index (χ3v) is 5.33. The molecule has 1 aliphatic heterocycles. The molecule has 3 rings (SSSR count). The number of likely N-dealkylation sites (tertiary alicyclic amines) is 1. The molecule has 1 atom stereocenters.